The highest BCUT2D eigenvalue weighted by Crippen LogP contribution is 2.27. The van der Waals surface area contributed by atoms with Gasteiger partial charge in [0.15, 0.2) is 5.82 Å². The number of methoxy groups -OCH3 is 1. The van der Waals surface area contributed by atoms with Crippen molar-refractivity contribution in [2.24, 2.45) is 5.92 Å². The Bertz CT molecular complexity index is 393. The Kier molecular flexibility index (Phi) is 3.22. The molecule has 2 saturated heterocycles. The van der Waals surface area contributed by atoms with Crippen LogP contribution in [0, 0.1) is 5.92 Å². The third kappa shape index (κ3) is 2.10. The molecule has 2 fully saturated rings. The summed E-state index contributed by atoms with van der Waals surface area (Å²) in [7, 11) is 1.68. The summed E-state index contributed by atoms with van der Waals surface area (Å²) in [4.78, 5) is 6.80. The Balaban J connectivity index is 1.70. The van der Waals surface area contributed by atoms with Gasteiger partial charge in [-0.15, -0.1) is 5.10 Å². The molecule has 100 valence electrons. The van der Waals surface area contributed by atoms with Gasteiger partial charge >= 0.3 is 0 Å². The molecule has 3 rings (SSSR count). The van der Waals surface area contributed by atoms with Gasteiger partial charge in [-0.05, 0) is 32.2 Å². The molecule has 0 radical (unpaired) electrons. The minimum Gasteiger partial charge on any atom is -0.374 e. The molecule has 0 bridgehead atoms. The van der Waals surface area contributed by atoms with Gasteiger partial charge < -0.3 is 15.0 Å². The number of H-pyrrole nitrogens is 1. The molecule has 0 amide bonds. The summed E-state index contributed by atoms with van der Waals surface area (Å²) in [6, 6.07) is 0.612. The normalized spacial score (nSPS) is 29.3. The number of aromatic nitrogens is 3. The Morgan fingerprint density at radius 3 is 3.11 bits per heavy atom. The zero-order valence-corrected chi connectivity index (χ0v) is 11.0. The first-order chi connectivity index (χ1) is 8.78. The van der Waals surface area contributed by atoms with Gasteiger partial charge in [0, 0.05) is 26.2 Å². The first kappa shape index (κ1) is 11.9. The Labute approximate surface area is 107 Å². The summed E-state index contributed by atoms with van der Waals surface area (Å²) in [6.45, 7) is 5.20. The zero-order valence-electron chi connectivity index (χ0n) is 11.0. The van der Waals surface area contributed by atoms with Crippen LogP contribution in [0.25, 0.3) is 0 Å². The maximum absolute atomic E-state index is 5.24. The van der Waals surface area contributed by atoms with Crippen LogP contribution in [0.5, 0.6) is 0 Å². The van der Waals surface area contributed by atoms with Crippen LogP contribution in [0.1, 0.15) is 31.7 Å². The number of fused-ring (bicyclic) bond motifs is 1. The van der Waals surface area contributed by atoms with E-state index in [4.69, 9.17) is 4.74 Å². The topological polar surface area (TPSA) is 66.1 Å². The predicted molar refractivity (Wildman–Crippen MR) is 68.5 cm³/mol. The summed E-state index contributed by atoms with van der Waals surface area (Å²) < 4.78 is 5.24. The number of hydrogen-bond donors (Lipinski definition) is 2. The lowest BCUT2D eigenvalue weighted by molar-refractivity contribution is 0.112. The highest BCUT2D eigenvalue weighted by molar-refractivity contribution is 5.32. The van der Waals surface area contributed by atoms with Crippen molar-refractivity contribution in [2.45, 2.75) is 31.9 Å². The first-order valence-corrected chi connectivity index (χ1v) is 6.71. The van der Waals surface area contributed by atoms with E-state index < -0.39 is 0 Å². The van der Waals surface area contributed by atoms with Crippen LogP contribution in [-0.2, 0) is 4.74 Å². The van der Waals surface area contributed by atoms with E-state index >= 15 is 0 Å². The van der Waals surface area contributed by atoms with Crippen LogP contribution in [0.2, 0.25) is 0 Å². The van der Waals surface area contributed by atoms with Crippen LogP contribution in [0.15, 0.2) is 0 Å². The fourth-order valence-corrected chi connectivity index (χ4v) is 2.91. The van der Waals surface area contributed by atoms with Gasteiger partial charge in [-0.3, -0.25) is 5.10 Å². The monoisotopic (exact) mass is 251 g/mol. The SMILES string of the molecule is COC(C)c1nc(N2CC3CCCNC3C2)n[nH]1. The molecule has 3 heterocycles. The van der Waals surface area contributed by atoms with Gasteiger partial charge in [0.05, 0.1) is 0 Å². The largest absolute Gasteiger partial charge is 0.374 e. The van der Waals surface area contributed by atoms with Crippen LogP contribution < -0.4 is 10.2 Å². The molecule has 3 unspecified atom stereocenters. The van der Waals surface area contributed by atoms with Crippen molar-refractivity contribution in [3.63, 3.8) is 0 Å². The molecule has 0 aromatic carbocycles. The van der Waals surface area contributed by atoms with Crippen molar-refractivity contribution in [1.82, 2.24) is 20.5 Å². The molecule has 0 aliphatic carbocycles. The molecule has 6 heteroatoms. The minimum atomic E-state index is -0.0331. The molecule has 18 heavy (non-hydrogen) atoms. The highest BCUT2D eigenvalue weighted by Gasteiger charge is 2.35. The number of ether oxygens (including phenoxy) is 1. The number of piperidine rings is 1. The quantitative estimate of drug-likeness (QED) is 0.828. The average Bonchev–Trinajstić information content (AvgIpc) is 3.03. The number of rotatable bonds is 3. The van der Waals surface area contributed by atoms with Crippen molar-refractivity contribution in [2.75, 3.05) is 31.6 Å². The Morgan fingerprint density at radius 2 is 2.33 bits per heavy atom. The number of nitrogens with one attached hydrogen (secondary N) is 2. The van der Waals surface area contributed by atoms with Gasteiger partial charge in [0.2, 0.25) is 5.95 Å². The Morgan fingerprint density at radius 1 is 1.44 bits per heavy atom. The summed E-state index contributed by atoms with van der Waals surface area (Å²) >= 11 is 0. The number of aromatic amines is 1. The zero-order chi connectivity index (χ0) is 12.5. The van der Waals surface area contributed by atoms with Gasteiger partial charge in [0.25, 0.3) is 0 Å². The average molecular weight is 251 g/mol. The summed E-state index contributed by atoms with van der Waals surface area (Å²) in [5, 5.41) is 10.9. The van der Waals surface area contributed by atoms with E-state index in [9.17, 15) is 0 Å². The van der Waals surface area contributed by atoms with Crippen LogP contribution in [0.4, 0.5) is 5.95 Å². The second kappa shape index (κ2) is 4.85. The third-order valence-electron chi connectivity index (χ3n) is 4.11. The van der Waals surface area contributed by atoms with E-state index in [2.05, 4.69) is 25.4 Å². The summed E-state index contributed by atoms with van der Waals surface area (Å²) in [6.07, 6.45) is 2.57. The van der Waals surface area contributed by atoms with E-state index in [0.29, 0.717) is 6.04 Å². The summed E-state index contributed by atoms with van der Waals surface area (Å²) in [5.74, 6) is 2.36. The molecule has 3 atom stereocenters. The molecular weight excluding hydrogens is 230 g/mol. The molecule has 2 aliphatic rings. The fourth-order valence-electron chi connectivity index (χ4n) is 2.91. The van der Waals surface area contributed by atoms with Crippen molar-refractivity contribution in [3.8, 4) is 0 Å². The summed E-state index contributed by atoms with van der Waals surface area (Å²) in [5.41, 5.74) is 0. The minimum absolute atomic E-state index is 0.0331. The number of anilines is 1. The highest BCUT2D eigenvalue weighted by atomic mass is 16.5. The van der Waals surface area contributed by atoms with Crippen LogP contribution in [0.3, 0.4) is 0 Å². The van der Waals surface area contributed by atoms with E-state index in [1.54, 1.807) is 7.11 Å². The molecule has 1 aromatic heterocycles. The van der Waals surface area contributed by atoms with E-state index in [1.165, 1.54) is 12.8 Å². The molecular formula is C12H21N5O. The van der Waals surface area contributed by atoms with Crippen LogP contribution in [-0.4, -0.2) is 48.0 Å². The predicted octanol–water partition coefficient (Wildman–Crippen LogP) is 0.700. The molecule has 6 nitrogen and oxygen atoms in total. The second-order valence-electron chi connectivity index (χ2n) is 5.27. The fraction of sp³-hybridized carbons (Fsp3) is 0.833. The lowest BCUT2D eigenvalue weighted by Crippen LogP contribution is -2.40. The van der Waals surface area contributed by atoms with E-state index in [1.807, 2.05) is 6.92 Å². The molecule has 0 saturated carbocycles. The van der Waals surface area contributed by atoms with Crippen molar-refractivity contribution >= 4 is 5.95 Å². The van der Waals surface area contributed by atoms with Gasteiger partial charge in [-0.1, -0.05) is 0 Å². The van der Waals surface area contributed by atoms with Crippen molar-refractivity contribution in [3.05, 3.63) is 5.82 Å². The number of hydrogen-bond acceptors (Lipinski definition) is 5. The smallest absolute Gasteiger partial charge is 0.244 e. The Hall–Kier alpha value is -1.14. The molecule has 2 N–H and O–H groups in total. The van der Waals surface area contributed by atoms with Gasteiger partial charge in [-0.25, -0.2) is 0 Å². The maximum atomic E-state index is 5.24. The van der Waals surface area contributed by atoms with Gasteiger partial charge in [-0.2, -0.15) is 4.98 Å². The van der Waals surface area contributed by atoms with Crippen molar-refractivity contribution in [1.29, 1.82) is 0 Å². The number of nitrogens with zero attached hydrogens (tertiary/aromatic N) is 3. The standard InChI is InChI=1S/C12H21N5O/c1-8(18-2)11-14-12(16-15-11)17-6-9-4-3-5-13-10(9)7-17/h8-10,13H,3-7H2,1-2H3,(H,14,15,16). The first-order valence-electron chi connectivity index (χ1n) is 6.71. The third-order valence-corrected chi connectivity index (χ3v) is 4.11. The lowest BCUT2D eigenvalue weighted by Gasteiger charge is -2.24. The second-order valence-corrected chi connectivity index (χ2v) is 5.27. The molecule has 2 aliphatic heterocycles. The molecule has 0 spiro atoms. The lowest BCUT2D eigenvalue weighted by atomic mass is 9.94. The van der Waals surface area contributed by atoms with E-state index in [0.717, 1.165) is 37.3 Å². The maximum Gasteiger partial charge on any atom is 0.244 e. The van der Waals surface area contributed by atoms with Crippen LogP contribution >= 0.6 is 0 Å². The van der Waals surface area contributed by atoms with E-state index in [-0.39, 0.29) is 6.10 Å². The van der Waals surface area contributed by atoms with Crippen molar-refractivity contribution < 1.29 is 4.74 Å². The molecule has 1 aromatic rings. The van der Waals surface area contributed by atoms with Gasteiger partial charge in [0.1, 0.15) is 6.10 Å².